The first-order chi connectivity index (χ1) is 22.3. The van der Waals surface area contributed by atoms with E-state index in [9.17, 15) is 13.2 Å². The van der Waals surface area contributed by atoms with Crippen LogP contribution in [0.3, 0.4) is 0 Å². The lowest BCUT2D eigenvalue weighted by atomic mass is 9.86. The maximum Gasteiger partial charge on any atom is 0.281 e. The van der Waals surface area contributed by atoms with Gasteiger partial charge in [0.1, 0.15) is 11.6 Å². The zero-order valence-corrected chi connectivity index (χ0v) is 29.2. The van der Waals surface area contributed by atoms with Crippen LogP contribution in [0.25, 0.3) is 5.82 Å². The second-order valence-corrected chi connectivity index (χ2v) is 15.6. The van der Waals surface area contributed by atoms with Gasteiger partial charge in [-0.2, -0.15) is 8.42 Å². The van der Waals surface area contributed by atoms with Crippen LogP contribution in [-0.2, 0) is 14.8 Å². The van der Waals surface area contributed by atoms with Crippen LogP contribution in [0.1, 0.15) is 77.6 Å². The maximum atomic E-state index is 13.8. The molecule has 3 aromatic rings. The van der Waals surface area contributed by atoms with E-state index >= 15 is 0 Å². The van der Waals surface area contributed by atoms with Gasteiger partial charge in [0, 0.05) is 37.5 Å². The van der Waals surface area contributed by atoms with E-state index in [4.69, 9.17) is 14.5 Å². The Balaban J connectivity index is 1.48. The van der Waals surface area contributed by atoms with Crippen molar-refractivity contribution in [3.05, 3.63) is 48.2 Å². The molecule has 0 aromatic carbocycles. The molecular weight excluding hydrogens is 618 g/mol. The van der Waals surface area contributed by atoms with E-state index in [-0.39, 0.29) is 16.1 Å². The molecule has 256 valence electrons. The average molecular weight is 668 g/mol. The quantitative estimate of drug-likeness (QED) is 0.356. The fraction of sp³-hybridized carbons (Fsp3) is 0.588. The van der Waals surface area contributed by atoms with Gasteiger partial charge in [-0.1, -0.05) is 40.2 Å². The summed E-state index contributed by atoms with van der Waals surface area (Å²) >= 11 is 0. The molecule has 47 heavy (non-hydrogen) atoms. The fourth-order valence-corrected chi connectivity index (χ4v) is 7.57. The SMILES string of the molecule is CC(C)C(COc1ccn(-c2ccc3c(n2)N2CC(CCCCOCCNc4cccc(n4)S(=O)(=O)NC3=O)CC2(C)C)n1)C(C)C. The number of hydrogen-bond acceptors (Lipinski definition) is 10. The molecule has 13 heteroatoms. The highest BCUT2D eigenvalue weighted by molar-refractivity contribution is 7.90. The first-order valence-electron chi connectivity index (χ1n) is 16.7. The molecule has 12 nitrogen and oxygen atoms in total. The van der Waals surface area contributed by atoms with Crippen molar-refractivity contribution in [2.45, 2.75) is 77.8 Å². The number of amides is 1. The molecule has 1 atom stereocenters. The molecule has 2 aliphatic rings. The first kappa shape index (κ1) is 34.6. The molecule has 5 heterocycles. The number of rotatable bonds is 6. The van der Waals surface area contributed by atoms with Crippen molar-refractivity contribution in [1.29, 1.82) is 0 Å². The molecule has 1 amide bonds. The molecule has 4 bridgehead atoms. The van der Waals surface area contributed by atoms with Crippen molar-refractivity contribution in [3.63, 3.8) is 0 Å². The third-order valence-electron chi connectivity index (χ3n) is 9.19. The van der Waals surface area contributed by atoms with Gasteiger partial charge >= 0.3 is 0 Å². The molecule has 0 aliphatic carbocycles. The summed E-state index contributed by atoms with van der Waals surface area (Å²) in [6, 6.07) is 9.71. The number of pyridine rings is 2. The highest BCUT2D eigenvalue weighted by atomic mass is 32.2. The number of ether oxygens (including phenoxy) is 2. The Labute approximate surface area is 278 Å². The third-order valence-corrected chi connectivity index (χ3v) is 10.4. The van der Waals surface area contributed by atoms with Gasteiger partial charge in [0.25, 0.3) is 15.9 Å². The number of fused-ring (bicyclic) bond motifs is 6. The van der Waals surface area contributed by atoms with Gasteiger partial charge in [0.05, 0.1) is 18.8 Å². The van der Waals surface area contributed by atoms with Gasteiger partial charge in [-0.25, -0.2) is 19.4 Å². The predicted molar refractivity (Wildman–Crippen MR) is 182 cm³/mol. The molecule has 1 unspecified atom stereocenters. The van der Waals surface area contributed by atoms with Crippen molar-refractivity contribution in [2.24, 2.45) is 23.7 Å². The Morgan fingerprint density at radius 3 is 2.60 bits per heavy atom. The predicted octanol–water partition coefficient (Wildman–Crippen LogP) is 5.31. The van der Waals surface area contributed by atoms with Crippen molar-refractivity contribution >= 4 is 27.6 Å². The molecule has 0 spiro atoms. The summed E-state index contributed by atoms with van der Waals surface area (Å²) < 4.78 is 42.5. The summed E-state index contributed by atoms with van der Waals surface area (Å²) in [7, 11) is -4.29. The number of carbonyl (C=O) groups excluding carboxylic acids is 1. The number of carbonyl (C=O) groups is 1. The topological polar surface area (TPSA) is 141 Å². The van der Waals surface area contributed by atoms with Gasteiger partial charge in [-0.15, -0.1) is 5.10 Å². The van der Waals surface area contributed by atoms with Crippen LogP contribution in [0.4, 0.5) is 11.6 Å². The molecule has 1 saturated heterocycles. The van der Waals surface area contributed by atoms with E-state index in [1.54, 1.807) is 41.2 Å². The van der Waals surface area contributed by atoms with Crippen LogP contribution in [-0.4, -0.2) is 72.5 Å². The fourth-order valence-electron chi connectivity index (χ4n) is 6.63. The molecule has 0 saturated carbocycles. The standard InChI is InChI=1S/C34H49N7O5S/c1-23(2)27(24(3)4)22-46-30-15-17-41(38-30)29-14-13-26-32(37-29)40-21-25(20-34(40,5)6)10-7-8-18-45-19-16-35-28-11-9-12-31(36-28)47(43,44)39-33(26)42/h9,11-15,17,23-25,27H,7-8,10,16,18-22H2,1-6H3,(H,35,36)(H,39,42). The van der Waals surface area contributed by atoms with Crippen molar-refractivity contribution < 1.29 is 22.7 Å². The van der Waals surface area contributed by atoms with Gasteiger partial charge in [-0.05, 0) is 81.0 Å². The van der Waals surface area contributed by atoms with Crippen LogP contribution < -0.4 is 19.7 Å². The average Bonchev–Trinajstić information content (AvgIpc) is 3.60. The Morgan fingerprint density at radius 1 is 1.04 bits per heavy atom. The number of nitrogens with one attached hydrogen (secondary N) is 2. The van der Waals surface area contributed by atoms with E-state index in [2.05, 4.69) is 66.6 Å². The molecule has 2 N–H and O–H groups in total. The smallest absolute Gasteiger partial charge is 0.281 e. The third kappa shape index (κ3) is 8.42. The second kappa shape index (κ2) is 14.6. The highest BCUT2D eigenvalue weighted by Crippen LogP contribution is 2.40. The molecule has 3 aromatic heterocycles. The Bertz CT molecular complexity index is 1630. The molecule has 5 rings (SSSR count). The Hall–Kier alpha value is -3.71. The molecular formula is C34H49N7O5S. The number of nitrogens with zero attached hydrogens (tertiary/aromatic N) is 5. The van der Waals surface area contributed by atoms with Crippen LogP contribution in [0.15, 0.2) is 47.6 Å². The minimum Gasteiger partial charge on any atom is -0.476 e. The van der Waals surface area contributed by atoms with E-state index in [0.29, 0.717) is 79.9 Å². The largest absolute Gasteiger partial charge is 0.476 e. The summed E-state index contributed by atoms with van der Waals surface area (Å²) in [6.45, 7) is 15.9. The minimum absolute atomic E-state index is 0.159. The first-order valence-corrected chi connectivity index (χ1v) is 18.2. The summed E-state index contributed by atoms with van der Waals surface area (Å²) in [6.07, 6.45) is 5.68. The van der Waals surface area contributed by atoms with E-state index in [1.165, 1.54) is 6.07 Å². The summed E-state index contributed by atoms with van der Waals surface area (Å²) in [5.74, 6) is 2.71. The molecule has 2 aliphatic heterocycles. The summed E-state index contributed by atoms with van der Waals surface area (Å²) in [5, 5.41) is 7.47. The van der Waals surface area contributed by atoms with Crippen LogP contribution in [0.5, 0.6) is 5.88 Å². The number of anilines is 2. The monoisotopic (exact) mass is 667 g/mol. The Kier molecular flexibility index (Phi) is 10.7. The van der Waals surface area contributed by atoms with Gasteiger partial charge in [-0.3, -0.25) is 4.79 Å². The zero-order chi connectivity index (χ0) is 33.8. The number of aromatic nitrogens is 4. The lowest BCUT2D eigenvalue weighted by Gasteiger charge is -2.34. The lowest BCUT2D eigenvalue weighted by molar-refractivity contribution is 0.0981. The van der Waals surface area contributed by atoms with Crippen LogP contribution in [0, 0.1) is 23.7 Å². The normalized spacial score (nSPS) is 20.2. The summed E-state index contributed by atoms with van der Waals surface area (Å²) in [5.41, 5.74) is -0.170. The zero-order valence-electron chi connectivity index (χ0n) is 28.4. The van der Waals surface area contributed by atoms with Crippen LogP contribution >= 0.6 is 0 Å². The highest BCUT2D eigenvalue weighted by Gasteiger charge is 2.41. The van der Waals surface area contributed by atoms with Gasteiger partial charge in [0.2, 0.25) is 5.88 Å². The van der Waals surface area contributed by atoms with Crippen molar-refractivity contribution in [1.82, 2.24) is 24.5 Å². The van der Waals surface area contributed by atoms with E-state index in [0.717, 1.165) is 25.7 Å². The Morgan fingerprint density at radius 2 is 1.83 bits per heavy atom. The summed E-state index contributed by atoms with van der Waals surface area (Å²) in [4.78, 5) is 25.1. The minimum atomic E-state index is -4.29. The van der Waals surface area contributed by atoms with Gasteiger partial charge < -0.3 is 19.7 Å². The van der Waals surface area contributed by atoms with Crippen molar-refractivity contribution in [3.8, 4) is 11.7 Å². The maximum absolute atomic E-state index is 13.8. The van der Waals surface area contributed by atoms with E-state index in [1.807, 2.05) is 0 Å². The number of hydrogen-bond donors (Lipinski definition) is 2. The van der Waals surface area contributed by atoms with Crippen molar-refractivity contribution in [2.75, 3.05) is 43.1 Å². The molecule has 1 fully saturated rings. The van der Waals surface area contributed by atoms with E-state index < -0.39 is 15.9 Å². The molecule has 0 radical (unpaired) electrons. The van der Waals surface area contributed by atoms with Gasteiger partial charge in [0.15, 0.2) is 10.8 Å². The second-order valence-electron chi connectivity index (χ2n) is 13.9. The lowest BCUT2D eigenvalue weighted by Crippen LogP contribution is -2.41. The number of sulfonamides is 1. The van der Waals surface area contributed by atoms with Crippen LogP contribution in [0.2, 0.25) is 0 Å².